The van der Waals surface area contributed by atoms with Crippen molar-refractivity contribution in [1.29, 1.82) is 0 Å². The summed E-state index contributed by atoms with van der Waals surface area (Å²) < 4.78 is 11.2. The highest BCUT2D eigenvalue weighted by atomic mass is 16.7. The van der Waals surface area contributed by atoms with E-state index in [0.29, 0.717) is 12.8 Å². The average Bonchev–Trinajstić information content (AvgIpc) is 3.21. The van der Waals surface area contributed by atoms with E-state index < -0.39 is 49.5 Å². The third-order valence-corrected chi connectivity index (χ3v) is 12.2. The molecule has 1 fully saturated rings. The van der Waals surface area contributed by atoms with Gasteiger partial charge in [-0.25, -0.2) is 0 Å². The minimum Gasteiger partial charge on any atom is -0.394 e. The van der Waals surface area contributed by atoms with Gasteiger partial charge in [-0.05, 0) is 12.8 Å². The second kappa shape index (κ2) is 39.3. The summed E-state index contributed by atoms with van der Waals surface area (Å²) in [5.41, 5.74) is 0. The smallest absolute Gasteiger partial charge is 0.220 e. The summed E-state index contributed by atoms with van der Waals surface area (Å²) in [6, 6.07) is -0.709. The summed E-state index contributed by atoms with van der Waals surface area (Å²) in [6.07, 6.45) is 37.5. The van der Waals surface area contributed by atoms with Crippen molar-refractivity contribution in [2.24, 2.45) is 0 Å². The van der Waals surface area contributed by atoms with Crippen molar-refractivity contribution in [3.05, 3.63) is 0 Å². The fourth-order valence-electron chi connectivity index (χ4n) is 8.22. The molecule has 0 aromatic carbocycles. The molecule has 0 spiro atoms. The van der Waals surface area contributed by atoms with Crippen LogP contribution in [-0.4, -0.2) is 87.5 Å². The lowest BCUT2D eigenvalue weighted by molar-refractivity contribution is -0.302. The molecule has 1 heterocycles. The maximum Gasteiger partial charge on any atom is 0.220 e. The molecule has 7 unspecified atom stereocenters. The van der Waals surface area contributed by atoms with Gasteiger partial charge in [0.05, 0.1) is 25.4 Å². The van der Waals surface area contributed by atoms with E-state index in [1.165, 1.54) is 180 Å². The summed E-state index contributed by atoms with van der Waals surface area (Å²) in [7, 11) is 0. The highest BCUT2D eigenvalue weighted by Gasteiger charge is 2.44. The fourth-order valence-corrected chi connectivity index (χ4v) is 8.22. The van der Waals surface area contributed by atoms with E-state index in [-0.39, 0.29) is 12.5 Å². The Morgan fingerprint density at radius 1 is 0.526 bits per heavy atom. The zero-order valence-corrected chi connectivity index (χ0v) is 37.4. The van der Waals surface area contributed by atoms with Gasteiger partial charge in [-0.3, -0.25) is 4.79 Å². The van der Waals surface area contributed by atoms with Crippen molar-refractivity contribution in [2.75, 3.05) is 13.2 Å². The van der Waals surface area contributed by atoms with Gasteiger partial charge in [0.25, 0.3) is 0 Å². The second-order valence-electron chi connectivity index (χ2n) is 17.6. The third-order valence-electron chi connectivity index (χ3n) is 12.2. The molecular formula is C48H95NO8. The SMILES string of the molecule is CCCCCCCCCCCCCCCCCCCCCCCCCCCCCCC(O)C(COC1OC(CO)C(O)C(O)C1O)NC(=O)CCCCCCCC. The van der Waals surface area contributed by atoms with Gasteiger partial charge in [0.2, 0.25) is 5.91 Å². The van der Waals surface area contributed by atoms with Crippen LogP contribution < -0.4 is 5.32 Å². The van der Waals surface area contributed by atoms with E-state index in [9.17, 15) is 30.3 Å². The van der Waals surface area contributed by atoms with E-state index in [0.717, 1.165) is 38.5 Å². The molecule has 1 amide bonds. The largest absolute Gasteiger partial charge is 0.394 e. The van der Waals surface area contributed by atoms with Crippen LogP contribution in [0.5, 0.6) is 0 Å². The highest BCUT2D eigenvalue weighted by molar-refractivity contribution is 5.76. The number of ether oxygens (including phenoxy) is 2. The molecule has 0 saturated carbocycles. The van der Waals surface area contributed by atoms with Crippen molar-refractivity contribution < 1.29 is 39.8 Å². The Bertz CT molecular complexity index is 862. The topological polar surface area (TPSA) is 149 Å². The summed E-state index contributed by atoms with van der Waals surface area (Å²) >= 11 is 0. The van der Waals surface area contributed by atoms with Crippen LogP contribution in [0.1, 0.15) is 245 Å². The van der Waals surface area contributed by atoms with Gasteiger partial charge in [-0.2, -0.15) is 0 Å². The normalized spacial score (nSPS) is 20.9. The molecule has 1 saturated heterocycles. The molecule has 0 aliphatic carbocycles. The lowest BCUT2D eigenvalue weighted by Crippen LogP contribution is -2.60. The molecule has 0 radical (unpaired) electrons. The average molecular weight is 814 g/mol. The molecule has 0 aromatic rings. The minimum atomic E-state index is -1.55. The van der Waals surface area contributed by atoms with E-state index in [4.69, 9.17) is 9.47 Å². The highest BCUT2D eigenvalue weighted by Crippen LogP contribution is 2.23. The first-order valence-corrected chi connectivity index (χ1v) is 24.7. The lowest BCUT2D eigenvalue weighted by atomic mass is 9.99. The summed E-state index contributed by atoms with van der Waals surface area (Å²) in [4.78, 5) is 12.8. The van der Waals surface area contributed by atoms with Crippen LogP contribution in [0.2, 0.25) is 0 Å². The molecule has 1 rings (SSSR count). The first-order chi connectivity index (χ1) is 27.8. The molecule has 340 valence electrons. The Balaban J connectivity index is 2.08. The fraction of sp³-hybridized carbons (Fsp3) is 0.979. The predicted octanol–water partition coefficient (Wildman–Crippen LogP) is 10.7. The Hall–Kier alpha value is -0.810. The second-order valence-corrected chi connectivity index (χ2v) is 17.6. The number of hydrogen-bond donors (Lipinski definition) is 6. The van der Waals surface area contributed by atoms with Crippen LogP contribution in [0.15, 0.2) is 0 Å². The lowest BCUT2D eigenvalue weighted by Gasteiger charge is -2.40. The van der Waals surface area contributed by atoms with Gasteiger partial charge >= 0.3 is 0 Å². The Kier molecular flexibility index (Phi) is 37.4. The van der Waals surface area contributed by atoms with Crippen molar-refractivity contribution in [3.63, 3.8) is 0 Å². The number of amides is 1. The third kappa shape index (κ3) is 30.0. The molecule has 57 heavy (non-hydrogen) atoms. The molecule has 1 aliphatic heterocycles. The van der Waals surface area contributed by atoms with Crippen molar-refractivity contribution in [1.82, 2.24) is 5.32 Å². The van der Waals surface area contributed by atoms with Crippen LogP contribution >= 0.6 is 0 Å². The Labute approximate surface area is 351 Å². The van der Waals surface area contributed by atoms with Crippen molar-refractivity contribution in [3.8, 4) is 0 Å². The van der Waals surface area contributed by atoms with Gasteiger partial charge in [0.15, 0.2) is 6.29 Å². The van der Waals surface area contributed by atoms with Crippen LogP contribution in [0.3, 0.4) is 0 Å². The number of nitrogens with one attached hydrogen (secondary N) is 1. The number of rotatable bonds is 42. The van der Waals surface area contributed by atoms with Crippen LogP contribution in [0.25, 0.3) is 0 Å². The molecule has 9 heteroatoms. The maximum absolute atomic E-state index is 12.8. The predicted molar refractivity (Wildman–Crippen MR) is 235 cm³/mol. The van der Waals surface area contributed by atoms with Crippen molar-refractivity contribution in [2.45, 2.75) is 288 Å². The van der Waals surface area contributed by atoms with E-state index in [1.54, 1.807) is 0 Å². The van der Waals surface area contributed by atoms with Gasteiger partial charge in [-0.15, -0.1) is 0 Å². The molecule has 1 aliphatic rings. The molecule has 0 aromatic heterocycles. The van der Waals surface area contributed by atoms with Crippen LogP contribution in [0, 0.1) is 0 Å². The van der Waals surface area contributed by atoms with E-state index >= 15 is 0 Å². The summed E-state index contributed by atoms with van der Waals surface area (Å²) in [6.45, 7) is 3.78. The minimum absolute atomic E-state index is 0.133. The van der Waals surface area contributed by atoms with Gasteiger partial charge < -0.3 is 40.3 Å². The van der Waals surface area contributed by atoms with Gasteiger partial charge in [-0.1, -0.05) is 226 Å². The number of hydrogen-bond acceptors (Lipinski definition) is 8. The Morgan fingerprint density at radius 3 is 1.25 bits per heavy atom. The molecule has 7 atom stereocenters. The number of aliphatic hydroxyl groups excluding tert-OH is 5. The molecular weight excluding hydrogens is 719 g/mol. The monoisotopic (exact) mass is 814 g/mol. The number of carbonyl (C=O) groups is 1. The van der Waals surface area contributed by atoms with Gasteiger partial charge in [0.1, 0.15) is 24.4 Å². The molecule has 9 nitrogen and oxygen atoms in total. The van der Waals surface area contributed by atoms with Gasteiger partial charge in [0, 0.05) is 6.42 Å². The number of carbonyl (C=O) groups excluding carboxylic acids is 1. The van der Waals surface area contributed by atoms with Crippen LogP contribution in [-0.2, 0) is 14.3 Å². The zero-order chi connectivity index (χ0) is 41.6. The quantitative estimate of drug-likeness (QED) is 0.0334. The Morgan fingerprint density at radius 2 is 0.877 bits per heavy atom. The van der Waals surface area contributed by atoms with E-state index in [2.05, 4.69) is 19.2 Å². The zero-order valence-electron chi connectivity index (χ0n) is 37.4. The first kappa shape index (κ1) is 54.2. The first-order valence-electron chi connectivity index (χ1n) is 24.7. The summed E-state index contributed by atoms with van der Waals surface area (Å²) in [5, 5.41) is 54.1. The number of unbranched alkanes of at least 4 members (excludes halogenated alkanes) is 32. The molecule has 0 bridgehead atoms. The van der Waals surface area contributed by atoms with E-state index in [1.807, 2.05) is 0 Å². The maximum atomic E-state index is 12.8. The molecule has 6 N–H and O–H groups in total. The standard InChI is InChI=1S/C48H95NO8/c1-3-5-7-9-11-12-13-14-15-16-17-18-19-20-21-22-23-24-25-26-27-28-29-30-31-32-33-35-37-42(51)41(49-44(52)38-36-34-10-8-6-4-2)40-56-48-47(55)46(54)45(53)43(39-50)57-48/h41-43,45-48,50-51,53-55H,3-40H2,1-2H3,(H,49,52). The van der Waals surface area contributed by atoms with Crippen LogP contribution in [0.4, 0.5) is 0 Å². The van der Waals surface area contributed by atoms with Crippen molar-refractivity contribution >= 4 is 5.91 Å². The summed E-state index contributed by atoms with van der Waals surface area (Å²) in [5.74, 6) is -0.151. The number of aliphatic hydroxyl groups is 5.